The molecule has 1 aromatic rings. The van der Waals surface area contributed by atoms with E-state index in [1.807, 2.05) is 6.92 Å². The molecule has 1 fully saturated rings. The van der Waals surface area contributed by atoms with Gasteiger partial charge in [0, 0.05) is 12.5 Å². The van der Waals surface area contributed by atoms with Crippen LogP contribution in [0.25, 0.3) is 0 Å². The van der Waals surface area contributed by atoms with Crippen molar-refractivity contribution in [2.75, 3.05) is 0 Å². The Labute approximate surface area is 132 Å². The average Bonchev–Trinajstić information content (AvgIpc) is 2.81. The van der Waals surface area contributed by atoms with E-state index in [1.165, 1.54) is 5.57 Å². The number of hydrogen-bond acceptors (Lipinski definition) is 3. The largest absolute Gasteiger partial charge is 0.467 e. The summed E-state index contributed by atoms with van der Waals surface area (Å²) in [6.45, 7) is 10.3. The van der Waals surface area contributed by atoms with Crippen molar-refractivity contribution < 1.29 is 14.3 Å². The zero-order valence-corrected chi connectivity index (χ0v) is 14.1. The minimum atomic E-state index is -0.689. The number of aliphatic hydroxyl groups excluding tert-OH is 1. The highest BCUT2D eigenvalue weighted by atomic mass is 16.4. The van der Waals surface area contributed by atoms with Crippen LogP contribution in [-0.4, -0.2) is 17.1 Å². The Morgan fingerprint density at radius 3 is 2.73 bits per heavy atom. The first kappa shape index (κ1) is 16.8. The van der Waals surface area contributed by atoms with Crippen molar-refractivity contribution >= 4 is 5.91 Å². The zero-order valence-electron chi connectivity index (χ0n) is 14.1. The maximum Gasteiger partial charge on any atom is 0.224 e. The second-order valence-electron chi connectivity index (χ2n) is 7.25. The molecular weight excluding hydrogens is 278 g/mol. The van der Waals surface area contributed by atoms with Gasteiger partial charge >= 0.3 is 0 Å². The zero-order chi connectivity index (χ0) is 16.5. The molecule has 1 aliphatic carbocycles. The van der Waals surface area contributed by atoms with Crippen LogP contribution in [0.4, 0.5) is 0 Å². The summed E-state index contributed by atoms with van der Waals surface area (Å²) in [4.78, 5) is 12.4. The maximum absolute atomic E-state index is 12.4. The summed E-state index contributed by atoms with van der Waals surface area (Å²) in [5, 5.41) is 13.1. The first-order chi connectivity index (χ1) is 10.2. The minimum absolute atomic E-state index is 0.0146. The Bertz CT molecular complexity index is 541. The fraction of sp³-hybridized carbons (Fsp3) is 0.611. The highest BCUT2D eigenvalue weighted by Gasteiger charge is 2.60. The number of furan rings is 1. The molecule has 0 radical (unpaired) electrons. The molecule has 1 amide bonds. The molecule has 1 saturated carbocycles. The number of rotatable bonds is 6. The van der Waals surface area contributed by atoms with Crippen molar-refractivity contribution in [1.29, 1.82) is 0 Å². The molecule has 0 bridgehead atoms. The van der Waals surface area contributed by atoms with Gasteiger partial charge in [-0.3, -0.25) is 4.79 Å². The van der Waals surface area contributed by atoms with E-state index in [0.717, 1.165) is 0 Å². The van der Waals surface area contributed by atoms with E-state index in [2.05, 4.69) is 39.1 Å². The summed E-state index contributed by atoms with van der Waals surface area (Å²) in [5.74, 6) is 0.937. The predicted molar refractivity (Wildman–Crippen MR) is 86.1 cm³/mol. The van der Waals surface area contributed by atoms with E-state index in [4.69, 9.17) is 4.42 Å². The summed E-state index contributed by atoms with van der Waals surface area (Å²) in [7, 11) is 0. The fourth-order valence-electron chi connectivity index (χ4n) is 3.17. The Kier molecular flexibility index (Phi) is 4.81. The van der Waals surface area contributed by atoms with Gasteiger partial charge in [-0.1, -0.05) is 25.5 Å². The smallest absolute Gasteiger partial charge is 0.224 e. The highest BCUT2D eigenvalue weighted by Crippen LogP contribution is 2.59. The topological polar surface area (TPSA) is 62.5 Å². The Hall–Kier alpha value is -1.55. The molecule has 4 atom stereocenters. The van der Waals surface area contributed by atoms with E-state index in [9.17, 15) is 9.90 Å². The Balaban J connectivity index is 1.88. The van der Waals surface area contributed by atoms with Gasteiger partial charge in [-0.15, -0.1) is 0 Å². The number of carbonyl (C=O) groups is 1. The molecule has 1 aliphatic rings. The van der Waals surface area contributed by atoms with E-state index in [1.54, 1.807) is 18.4 Å². The van der Waals surface area contributed by atoms with Gasteiger partial charge in [0.05, 0.1) is 12.2 Å². The van der Waals surface area contributed by atoms with Crippen LogP contribution in [0.15, 0.2) is 34.5 Å². The lowest BCUT2D eigenvalue weighted by Crippen LogP contribution is -2.35. The first-order valence-corrected chi connectivity index (χ1v) is 7.90. The summed E-state index contributed by atoms with van der Waals surface area (Å²) in [6, 6.07) is 3.39. The van der Waals surface area contributed by atoms with Crippen LogP contribution in [0.3, 0.4) is 0 Å². The summed E-state index contributed by atoms with van der Waals surface area (Å²) >= 11 is 0. The SMILES string of the molecule is CC(C)=CC1C(C(=O)NC(C)CC(O)c2ccco2)C1(C)C. The third kappa shape index (κ3) is 3.61. The molecule has 1 heterocycles. The molecule has 4 unspecified atom stereocenters. The van der Waals surface area contributed by atoms with Crippen LogP contribution in [-0.2, 0) is 4.79 Å². The molecule has 0 saturated heterocycles. The number of allylic oxidation sites excluding steroid dienone is 2. The van der Waals surface area contributed by atoms with Crippen molar-refractivity contribution in [2.45, 2.75) is 53.2 Å². The Morgan fingerprint density at radius 1 is 1.50 bits per heavy atom. The first-order valence-electron chi connectivity index (χ1n) is 7.90. The third-order valence-corrected chi connectivity index (χ3v) is 4.54. The maximum atomic E-state index is 12.4. The van der Waals surface area contributed by atoms with Crippen LogP contribution in [0, 0.1) is 17.3 Å². The van der Waals surface area contributed by atoms with Crippen molar-refractivity contribution in [3.8, 4) is 0 Å². The lowest BCUT2D eigenvalue weighted by atomic mass is 10.1. The van der Waals surface area contributed by atoms with Crippen molar-refractivity contribution in [2.24, 2.45) is 17.3 Å². The standard InChI is InChI=1S/C18H27NO3/c1-11(2)9-13-16(18(13,4)5)17(21)19-12(3)10-14(20)15-7-6-8-22-15/h6-9,12-14,16,20H,10H2,1-5H3,(H,19,21). The molecular formula is C18H27NO3. The van der Waals surface area contributed by atoms with Crippen LogP contribution in [0.2, 0.25) is 0 Å². The molecule has 0 aromatic carbocycles. The van der Waals surface area contributed by atoms with Crippen molar-refractivity contribution in [1.82, 2.24) is 5.32 Å². The molecule has 2 rings (SSSR count). The highest BCUT2D eigenvalue weighted by molar-refractivity contribution is 5.83. The lowest BCUT2D eigenvalue weighted by Gasteiger charge is -2.17. The number of aliphatic hydroxyl groups is 1. The normalized spacial score (nSPS) is 25.2. The molecule has 1 aromatic heterocycles. The van der Waals surface area contributed by atoms with Gasteiger partial charge in [0.2, 0.25) is 5.91 Å². The third-order valence-electron chi connectivity index (χ3n) is 4.54. The van der Waals surface area contributed by atoms with Gasteiger partial charge in [0.1, 0.15) is 11.9 Å². The van der Waals surface area contributed by atoms with Gasteiger partial charge in [-0.2, -0.15) is 0 Å². The van der Waals surface area contributed by atoms with E-state index in [0.29, 0.717) is 18.1 Å². The monoisotopic (exact) mass is 305 g/mol. The minimum Gasteiger partial charge on any atom is -0.467 e. The second-order valence-corrected chi connectivity index (χ2v) is 7.25. The van der Waals surface area contributed by atoms with E-state index < -0.39 is 6.10 Å². The van der Waals surface area contributed by atoms with Gasteiger partial charge in [-0.25, -0.2) is 0 Å². The predicted octanol–water partition coefficient (Wildman–Crippen LogP) is 3.45. The average molecular weight is 305 g/mol. The van der Waals surface area contributed by atoms with Crippen LogP contribution < -0.4 is 5.32 Å². The fourth-order valence-corrected chi connectivity index (χ4v) is 3.17. The molecule has 2 N–H and O–H groups in total. The summed E-state index contributed by atoms with van der Waals surface area (Å²) in [6.07, 6.45) is 3.48. The number of hydrogen-bond donors (Lipinski definition) is 2. The quantitative estimate of drug-likeness (QED) is 0.791. The van der Waals surface area contributed by atoms with Crippen LogP contribution in [0.1, 0.15) is 52.9 Å². The number of carbonyl (C=O) groups excluding carboxylic acids is 1. The van der Waals surface area contributed by atoms with Crippen LogP contribution >= 0.6 is 0 Å². The van der Waals surface area contributed by atoms with Gasteiger partial charge in [0.25, 0.3) is 0 Å². The van der Waals surface area contributed by atoms with Gasteiger partial charge in [-0.05, 0) is 44.2 Å². The van der Waals surface area contributed by atoms with Crippen molar-refractivity contribution in [3.63, 3.8) is 0 Å². The molecule has 0 spiro atoms. The molecule has 22 heavy (non-hydrogen) atoms. The van der Waals surface area contributed by atoms with E-state index in [-0.39, 0.29) is 23.3 Å². The molecule has 122 valence electrons. The van der Waals surface area contributed by atoms with Gasteiger partial charge < -0.3 is 14.8 Å². The van der Waals surface area contributed by atoms with Crippen molar-refractivity contribution in [3.05, 3.63) is 35.8 Å². The summed E-state index contributed by atoms with van der Waals surface area (Å²) < 4.78 is 5.18. The number of nitrogens with one attached hydrogen (secondary N) is 1. The number of amides is 1. The van der Waals surface area contributed by atoms with Crippen LogP contribution in [0.5, 0.6) is 0 Å². The molecule has 0 aliphatic heterocycles. The van der Waals surface area contributed by atoms with E-state index >= 15 is 0 Å². The second kappa shape index (κ2) is 6.29. The van der Waals surface area contributed by atoms with Gasteiger partial charge in [0.15, 0.2) is 0 Å². The Morgan fingerprint density at radius 2 is 2.18 bits per heavy atom. The lowest BCUT2D eigenvalue weighted by molar-refractivity contribution is -0.123. The summed E-state index contributed by atoms with van der Waals surface area (Å²) in [5.41, 5.74) is 1.26. The molecule has 4 heteroatoms. The molecule has 4 nitrogen and oxygen atoms in total.